The number of amides is 3. The van der Waals surface area contributed by atoms with Crippen LogP contribution in [-0.4, -0.2) is 29.1 Å². The van der Waals surface area contributed by atoms with Gasteiger partial charge in [-0.1, -0.05) is 44.2 Å². The molecule has 0 aliphatic rings. The molecule has 126 valence electrons. The Morgan fingerprint density at radius 1 is 1.12 bits per heavy atom. The number of carbonyl (C=O) groups is 3. The van der Waals surface area contributed by atoms with Crippen molar-refractivity contribution in [2.45, 2.75) is 20.0 Å². The van der Waals surface area contributed by atoms with E-state index in [1.165, 1.54) is 6.07 Å². The summed E-state index contributed by atoms with van der Waals surface area (Å²) in [6.07, 6.45) is -1.21. The van der Waals surface area contributed by atoms with E-state index in [9.17, 15) is 19.5 Å². The average molecular weight is 330 g/mol. The van der Waals surface area contributed by atoms with Crippen LogP contribution in [0.1, 0.15) is 24.2 Å². The zero-order chi connectivity index (χ0) is 17.9. The molecule has 0 aromatic heterocycles. The number of hydrogen-bond donors (Lipinski definition) is 3. The zero-order valence-corrected chi connectivity index (χ0v) is 13.3. The lowest BCUT2D eigenvalue weighted by Gasteiger charge is -2.20. The van der Waals surface area contributed by atoms with Gasteiger partial charge < -0.3 is 15.6 Å². The highest BCUT2D eigenvalue weighted by Crippen LogP contribution is 2.29. The van der Waals surface area contributed by atoms with Gasteiger partial charge in [-0.3, -0.25) is 10.1 Å². The minimum atomic E-state index is -1.21. The van der Waals surface area contributed by atoms with Crippen molar-refractivity contribution in [2.24, 2.45) is 11.7 Å². The number of hydrogen-bond acceptors (Lipinski definition) is 5. The third-order valence-corrected chi connectivity index (χ3v) is 3.46. The number of urea groups is 1. The zero-order valence-electron chi connectivity index (χ0n) is 13.3. The number of benzene rings is 2. The van der Waals surface area contributed by atoms with Crippen LogP contribution in [0.2, 0.25) is 0 Å². The Morgan fingerprint density at radius 3 is 2.42 bits per heavy atom. The molecule has 3 amide bonds. The number of nitrogens with one attached hydrogen (secondary N) is 1. The molecule has 0 saturated heterocycles. The van der Waals surface area contributed by atoms with Crippen LogP contribution < -0.4 is 11.1 Å². The molecule has 0 aliphatic carbocycles. The minimum absolute atomic E-state index is 0.0637. The summed E-state index contributed by atoms with van der Waals surface area (Å²) in [7, 11) is 0. The summed E-state index contributed by atoms with van der Waals surface area (Å²) >= 11 is 0. The van der Waals surface area contributed by atoms with Gasteiger partial charge in [0.1, 0.15) is 11.3 Å². The third kappa shape index (κ3) is 3.62. The van der Waals surface area contributed by atoms with E-state index in [0.717, 1.165) is 5.39 Å². The molecule has 7 nitrogen and oxygen atoms in total. The molecule has 1 atom stereocenters. The lowest BCUT2D eigenvalue weighted by Crippen LogP contribution is -2.45. The second-order valence-corrected chi connectivity index (χ2v) is 5.61. The predicted molar refractivity (Wildman–Crippen MR) is 87.4 cm³/mol. The molecular weight excluding hydrogens is 312 g/mol. The van der Waals surface area contributed by atoms with Gasteiger partial charge in [-0.15, -0.1) is 0 Å². The first-order valence-corrected chi connectivity index (χ1v) is 7.33. The van der Waals surface area contributed by atoms with E-state index in [1.54, 1.807) is 38.1 Å². The number of rotatable bonds is 4. The molecule has 0 bridgehead atoms. The molecule has 2 rings (SSSR count). The molecule has 7 heteroatoms. The van der Waals surface area contributed by atoms with Gasteiger partial charge in [-0.05, 0) is 17.4 Å². The smallest absolute Gasteiger partial charge is 0.342 e. The largest absolute Gasteiger partial charge is 0.506 e. The predicted octanol–water partition coefficient (Wildman–Crippen LogP) is 1.92. The number of aromatic hydroxyl groups is 1. The SMILES string of the molecule is CC(C)[C@H](OC(=O)c1ccc2ccccc2c1O)C(=O)NC(N)=O. The van der Waals surface area contributed by atoms with Gasteiger partial charge in [0, 0.05) is 5.39 Å². The number of fused-ring (bicyclic) bond motifs is 1. The fourth-order valence-electron chi connectivity index (χ4n) is 2.28. The van der Waals surface area contributed by atoms with Crippen molar-refractivity contribution in [3.63, 3.8) is 0 Å². The van der Waals surface area contributed by atoms with Crippen molar-refractivity contribution in [2.75, 3.05) is 0 Å². The van der Waals surface area contributed by atoms with E-state index in [1.807, 2.05) is 11.4 Å². The maximum Gasteiger partial charge on any atom is 0.342 e. The third-order valence-electron chi connectivity index (χ3n) is 3.46. The van der Waals surface area contributed by atoms with Crippen LogP contribution in [0, 0.1) is 5.92 Å². The number of phenolic OH excluding ortho intramolecular Hbond substituents is 1. The summed E-state index contributed by atoms with van der Waals surface area (Å²) in [5.74, 6) is -2.30. The van der Waals surface area contributed by atoms with Crippen molar-refractivity contribution in [1.29, 1.82) is 0 Å². The molecule has 0 fully saturated rings. The quantitative estimate of drug-likeness (QED) is 0.740. The van der Waals surface area contributed by atoms with Gasteiger partial charge in [0.2, 0.25) is 0 Å². The highest BCUT2D eigenvalue weighted by molar-refractivity contribution is 6.03. The molecule has 0 spiro atoms. The van der Waals surface area contributed by atoms with Crippen LogP contribution in [0.15, 0.2) is 36.4 Å². The van der Waals surface area contributed by atoms with Gasteiger partial charge in [-0.2, -0.15) is 0 Å². The molecule has 0 radical (unpaired) electrons. The Bertz CT molecular complexity index is 801. The van der Waals surface area contributed by atoms with Crippen LogP contribution in [0.5, 0.6) is 5.75 Å². The number of imide groups is 1. The lowest BCUT2D eigenvalue weighted by molar-refractivity contribution is -0.130. The summed E-state index contributed by atoms with van der Waals surface area (Å²) < 4.78 is 5.17. The normalized spacial score (nSPS) is 12.0. The standard InChI is InChI=1S/C17H18N2O5/c1-9(2)14(15(21)19-17(18)23)24-16(22)12-8-7-10-5-3-4-6-11(10)13(12)20/h3-9,14,20H,1-2H3,(H3,18,19,21,23)/t14-/m0/s1. The topological polar surface area (TPSA) is 119 Å². The van der Waals surface area contributed by atoms with Crippen LogP contribution in [0.4, 0.5) is 4.79 Å². The fourth-order valence-corrected chi connectivity index (χ4v) is 2.28. The molecule has 4 N–H and O–H groups in total. The first-order chi connectivity index (χ1) is 11.3. The van der Waals surface area contributed by atoms with Crippen LogP contribution >= 0.6 is 0 Å². The van der Waals surface area contributed by atoms with Crippen molar-refractivity contribution in [3.8, 4) is 5.75 Å². The number of primary amides is 1. The number of ether oxygens (including phenoxy) is 1. The summed E-state index contributed by atoms with van der Waals surface area (Å²) in [4.78, 5) is 35.0. The Morgan fingerprint density at radius 2 is 1.79 bits per heavy atom. The van der Waals surface area contributed by atoms with Gasteiger partial charge in [-0.25, -0.2) is 9.59 Å². The van der Waals surface area contributed by atoms with Crippen LogP contribution in [-0.2, 0) is 9.53 Å². The molecule has 2 aromatic carbocycles. The van der Waals surface area contributed by atoms with E-state index in [0.29, 0.717) is 5.39 Å². The van der Waals surface area contributed by atoms with E-state index >= 15 is 0 Å². The molecule has 0 saturated carbocycles. The maximum atomic E-state index is 12.3. The van der Waals surface area contributed by atoms with Crippen molar-refractivity contribution in [1.82, 2.24) is 5.32 Å². The van der Waals surface area contributed by atoms with E-state index in [4.69, 9.17) is 10.5 Å². The van der Waals surface area contributed by atoms with Gasteiger partial charge >= 0.3 is 12.0 Å². The minimum Gasteiger partial charge on any atom is -0.506 e. The van der Waals surface area contributed by atoms with Gasteiger partial charge in [0.15, 0.2) is 6.10 Å². The van der Waals surface area contributed by atoms with E-state index in [-0.39, 0.29) is 11.3 Å². The van der Waals surface area contributed by atoms with E-state index < -0.39 is 29.9 Å². The Hall–Kier alpha value is -3.09. The Labute approximate surface area is 138 Å². The van der Waals surface area contributed by atoms with Gasteiger partial charge in [0.05, 0.1) is 0 Å². The highest BCUT2D eigenvalue weighted by Gasteiger charge is 2.29. The lowest BCUT2D eigenvalue weighted by atomic mass is 10.0. The second kappa shape index (κ2) is 6.99. The van der Waals surface area contributed by atoms with E-state index in [2.05, 4.69) is 0 Å². The van der Waals surface area contributed by atoms with Crippen molar-refractivity contribution < 1.29 is 24.2 Å². The average Bonchev–Trinajstić information content (AvgIpc) is 2.51. The number of phenols is 1. The Balaban J connectivity index is 2.29. The number of carbonyl (C=O) groups excluding carboxylic acids is 3. The summed E-state index contributed by atoms with van der Waals surface area (Å²) in [5, 5.41) is 13.4. The van der Waals surface area contributed by atoms with Crippen molar-refractivity contribution in [3.05, 3.63) is 42.0 Å². The summed E-state index contributed by atoms with van der Waals surface area (Å²) in [5.41, 5.74) is 4.84. The molecule has 0 aliphatic heterocycles. The van der Waals surface area contributed by atoms with Crippen LogP contribution in [0.25, 0.3) is 10.8 Å². The Kier molecular flexibility index (Phi) is 5.03. The van der Waals surface area contributed by atoms with Crippen LogP contribution in [0.3, 0.4) is 0 Å². The molecular formula is C17H18N2O5. The summed E-state index contributed by atoms with van der Waals surface area (Å²) in [6, 6.07) is 9.05. The van der Waals surface area contributed by atoms with Crippen molar-refractivity contribution >= 4 is 28.7 Å². The second-order valence-electron chi connectivity index (χ2n) is 5.61. The molecule has 24 heavy (non-hydrogen) atoms. The molecule has 0 heterocycles. The molecule has 0 unspecified atom stereocenters. The number of esters is 1. The first-order valence-electron chi connectivity index (χ1n) is 7.33. The fraction of sp³-hybridized carbons (Fsp3) is 0.235. The first kappa shape index (κ1) is 17.3. The monoisotopic (exact) mass is 330 g/mol. The maximum absolute atomic E-state index is 12.3. The number of nitrogens with two attached hydrogens (primary N) is 1. The summed E-state index contributed by atoms with van der Waals surface area (Å²) in [6.45, 7) is 3.30. The highest BCUT2D eigenvalue weighted by atomic mass is 16.5. The molecule has 2 aromatic rings. The van der Waals surface area contributed by atoms with Gasteiger partial charge in [0.25, 0.3) is 5.91 Å².